The summed E-state index contributed by atoms with van der Waals surface area (Å²) >= 11 is 3.07. The molecular weight excluding hydrogens is 456 g/mol. The molecule has 1 aromatic carbocycles. The van der Waals surface area contributed by atoms with E-state index < -0.39 is 0 Å². The molecule has 0 unspecified atom stereocenters. The molecule has 1 fully saturated rings. The van der Waals surface area contributed by atoms with E-state index in [4.69, 9.17) is 9.72 Å². The van der Waals surface area contributed by atoms with Gasteiger partial charge in [-0.25, -0.2) is 4.98 Å². The monoisotopic (exact) mass is 478 g/mol. The molecule has 0 N–H and O–H groups in total. The molecule has 6 rings (SSSR count). The maximum atomic E-state index is 13.1. The van der Waals surface area contributed by atoms with E-state index in [9.17, 15) is 4.79 Å². The summed E-state index contributed by atoms with van der Waals surface area (Å²) in [5.74, 6) is 2.78. The third kappa shape index (κ3) is 3.98. The van der Waals surface area contributed by atoms with E-state index in [1.54, 1.807) is 11.3 Å². The van der Waals surface area contributed by atoms with Gasteiger partial charge < -0.3 is 14.2 Å². The van der Waals surface area contributed by atoms with Crippen LogP contribution in [0.2, 0.25) is 0 Å². The molecular formula is C23H22N6O2S2. The van der Waals surface area contributed by atoms with Crippen LogP contribution in [0, 0.1) is 0 Å². The van der Waals surface area contributed by atoms with Gasteiger partial charge in [-0.3, -0.25) is 4.79 Å². The largest absolute Gasteiger partial charge is 0.381 e. The SMILES string of the molecule is O=C(c1ccc(-c2cccs2)cc1)N1CCn2c(nnc2-c2nc(C3CCOCC3)ns2)C1. The summed E-state index contributed by atoms with van der Waals surface area (Å²) in [6.07, 6.45) is 1.92. The molecule has 8 nitrogen and oxygen atoms in total. The zero-order chi connectivity index (χ0) is 22.2. The van der Waals surface area contributed by atoms with Crippen LogP contribution in [-0.2, 0) is 17.8 Å². The molecule has 2 aliphatic rings. The number of aromatic nitrogens is 5. The van der Waals surface area contributed by atoms with Crippen molar-refractivity contribution in [1.82, 2.24) is 29.0 Å². The second-order valence-corrected chi connectivity index (χ2v) is 9.92. The van der Waals surface area contributed by atoms with E-state index >= 15 is 0 Å². The molecule has 0 aliphatic carbocycles. The first-order chi connectivity index (χ1) is 16.3. The number of carbonyl (C=O) groups is 1. The van der Waals surface area contributed by atoms with Crippen molar-refractivity contribution >= 4 is 28.8 Å². The van der Waals surface area contributed by atoms with E-state index in [0.717, 1.165) is 54.1 Å². The van der Waals surface area contributed by atoms with Gasteiger partial charge in [0.2, 0.25) is 0 Å². The Hall–Kier alpha value is -2.95. The maximum absolute atomic E-state index is 13.1. The standard InChI is InChI=1S/C23H22N6O2S2/c30-23(17-5-3-15(4-6-17)18-2-1-13-32-18)28-9-10-29-19(14-28)25-26-21(29)22-24-20(27-33-22)16-7-11-31-12-8-16/h1-6,13,16H,7-12,14H2. The van der Waals surface area contributed by atoms with Crippen LogP contribution in [0.4, 0.5) is 0 Å². The van der Waals surface area contributed by atoms with E-state index in [-0.39, 0.29) is 5.91 Å². The van der Waals surface area contributed by atoms with Gasteiger partial charge in [-0.1, -0.05) is 18.2 Å². The van der Waals surface area contributed by atoms with Crippen molar-refractivity contribution in [1.29, 1.82) is 0 Å². The predicted octanol–water partition coefficient (Wildman–Crippen LogP) is 4.08. The Bertz CT molecular complexity index is 1260. The zero-order valence-corrected chi connectivity index (χ0v) is 19.5. The van der Waals surface area contributed by atoms with Crippen molar-refractivity contribution in [3.63, 3.8) is 0 Å². The van der Waals surface area contributed by atoms with Crippen LogP contribution in [0.1, 0.15) is 40.8 Å². The highest BCUT2D eigenvalue weighted by Crippen LogP contribution is 2.30. The van der Waals surface area contributed by atoms with E-state index in [1.807, 2.05) is 35.2 Å². The van der Waals surface area contributed by atoms with E-state index in [0.29, 0.717) is 31.1 Å². The molecule has 0 spiro atoms. The smallest absolute Gasteiger partial charge is 0.254 e. The molecule has 5 heterocycles. The number of nitrogens with zero attached hydrogens (tertiary/aromatic N) is 6. The molecule has 2 aliphatic heterocycles. The summed E-state index contributed by atoms with van der Waals surface area (Å²) in [5.41, 5.74) is 1.82. The topological polar surface area (TPSA) is 86.0 Å². The molecule has 1 amide bonds. The number of hydrogen-bond donors (Lipinski definition) is 0. The molecule has 33 heavy (non-hydrogen) atoms. The maximum Gasteiger partial charge on any atom is 0.254 e. The lowest BCUT2D eigenvalue weighted by Gasteiger charge is -2.27. The molecule has 4 aromatic rings. The van der Waals surface area contributed by atoms with Gasteiger partial charge in [0.25, 0.3) is 5.91 Å². The van der Waals surface area contributed by atoms with Crippen LogP contribution >= 0.6 is 22.9 Å². The predicted molar refractivity (Wildman–Crippen MR) is 126 cm³/mol. The van der Waals surface area contributed by atoms with Crippen LogP contribution in [0.5, 0.6) is 0 Å². The molecule has 0 bridgehead atoms. The second-order valence-electron chi connectivity index (χ2n) is 8.22. The molecule has 0 atom stereocenters. The minimum atomic E-state index is 0.0150. The summed E-state index contributed by atoms with van der Waals surface area (Å²) < 4.78 is 12.1. The Morgan fingerprint density at radius 1 is 1.06 bits per heavy atom. The fraction of sp³-hybridized carbons (Fsp3) is 0.348. The van der Waals surface area contributed by atoms with Gasteiger partial charge in [0, 0.05) is 42.7 Å². The number of amides is 1. The van der Waals surface area contributed by atoms with Crippen LogP contribution in [0.15, 0.2) is 41.8 Å². The van der Waals surface area contributed by atoms with Crippen molar-refractivity contribution in [3.05, 3.63) is 59.0 Å². The highest BCUT2D eigenvalue weighted by molar-refractivity contribution is 7.13. The zero-order valence-electron chi connectivity index (χ0n) is 17.9. The first-order valence-corrected chi connectivity index (χ1v) is 12.7. The summed E-state index contributed by atoms with van der Waals surface area (Å²) in [5, 5.41) is 11.6. The second kappa shape index (κ2) is 8.77. The summed E-state index contributed by atoms with van der Waals surface area (Å²) in [4.78, 5) is 20.9. The Labute approximate surface area is 199 Å². The fourth-order valence-electron chi connectivity index (χ4n) is 4.34. The number of benzene rings is 1. The third-order valence-electron chi connectivity index (χ3n) is 6.20. The summed E-state index contributed by atoms with van der Waals surface area (Å²) in [6.45, 7) is 3.21. The molecule has 0 radical (unpaired) electrons. The average molecular weight is 479 g/mol. The lowest BCUT2D eigenvalue weighted by molar-refractivity contribution is 0.0708. The fourth-order valence-corrected chi connectivity index (χ4v) is 5.81. The van der Waals surface area contributed by atoms with Crippen molar-refractivity contribution in [2.45, 2.75) is 31.8 Å². The minimum absolute atomic E-state index is 0.0150. The van der Waals surface area contributed by atoms with Crippen LogP contribution in [-0.4, -0.2) is 54.7 Å². The van der Waals surface area contributed by atoms with Gasteiger partial charge in [-0.15, -0.1) is 21.5 Å². The average Bonchev–Trinajstić information content (AvgIpc) is 3.64. The van der Waals surface area contributed by atoms with Gasteiger partial charge in [-0.2, -0.15) is 4.37 Å². The van der Waals surface area contributed by atoms with Crippen molar-refractivity contribution < 1.29 is 9.53 Å². The molecule has 0 saturated carbocycles. The number of thiophene rings is 1. The van der Waals surface area contributed by atoms with Crippen LogP contribution in [0.3, 0.4) is 0 Å². The van der Waals surface area contributed by atoms with Gasteiger partial charge >= 0.3 is 0 Å². The normalized spacial score (nSPS) is 16.7. The molecule has 10 heteroatoms. The minimum Gasteiger partial charge on any atom is -0.381 e. The quantitative estimate of drug-likeness (QED) is 0.439. The van der Waals surface area contributed by atoms with Crippen molar-refractivity contribution in [2.24, 2.45) is 0 Å². The third-order valence-corrected chi connectivity index (χ3v) is 7.84. The number of ether oxygens (including phenoxy) is 1. The number of rotatable bonds is 4. The lowest BCUT2D eigenvalue weighted by atomic mass is 10.00. The van der Waals surface area contributed by atoms with Crippen LogP contribution in [0.25, 0.3) is 21.3 Å². The Morgan fingerprint density at radius 2 is 1.91 bits per heavy atom. The Kier molecular flexibility index (Phi) is 5.49. The molecule has 1 saturated heterocycles. The molecule has 3 aromatic heterocycles. The lowest BCUT2D eigenvalue weighted by Crippen LogP contribution is -2.38. The van der Waals surface area contributed by atoms with Gasteiger partial charge in [0.15, 0.2) is 16.7 Å². The summed E-state index contributed by atoms with van der Waals surface area (Å²) in [6, 6.07) is 11.9. The Balaban J connectivity index is 1.17. The van der Waals surface area contributed by atoms with Gasteiger partial charge in [0.1, 0.15) is 5.82 Å². The molecule has 168 valence electrons. The van der Waals surface area contributed by atoms with Crippen LogP contribution < -0.4 is 0 Å². The van der Waals surface area contributed by atoms with E-state index in [2.05, 4.69) is 30.6 Å². The van der Waals surface area contributed by atoms with E-state index in [1.165, 1.54) is 16.4 Å². The highest BCUT2D eigenvalue weighted by Gasteiger charge is 2.28. The summed E-state index contributed by atoms with van der Waals surface area (Å²) in [7, 11) is 0. The number of carbonyl (C=O) groups excluding carboxylic acids is 1. The first-order valence-electron chi connectivity index (χ1n) is 11.0. The van der Waals surface area contributed by atoms with Gasteiger partial charge in [-0.05, 0) is 53.5 Å². The Morgan fingerprint density at radius 3 is 2.70 bits per heavy atom. The van der Waals surface area contributed by atoms with Crippen molar-refractivity contribution in [2.75, 3.05) is 19.8 Å². The highest BCUT2D eigenvalue weighted by atomic mass is 32.1. The number of fused-ring (bicyclic) bond motifs is 1. The first kappa shape index (κ1) is 20.6. The number of hydrogen-bond acceptors (Lipinski definition) is 8. The van der Waals surface area contributed by atoms with Crippen molar-refractivity contribution in [3.8, 4) is 21.3 Å². The van der Waals surface area contributed by atoms with Gasteiger partial charge in [0.05, 0.1) is 6.54 Å².